The van der Waals surface area contributed by atoms with E-state index in [-0.39, 0.29) is 5.91 Å². The van der Waals surface area contributed by atoms with Gasteiger partial charge in [0, 0.05) is 24.2 Å². The average Bonchev–Trinajstić information content (AvgIpc) is 2.97. The molecule has 4 rings (SSSR count). The number of carbonyl (C=O) groups excluding carboxylic acids is 1. The van der Waals surface area contributed by atoms with Crippen molar-refractivity contribution in [1.29, 1.82) is 0 Å². The van der Waals surface area contributed by atoms with Crippen LogP contribution < -0.4 is 5.32 Å². The number of amides is 1. The molecule has 2 aromatic heterocycles. The van der Waals surface area contributed by atoms with Gasteiger partial charge in [0.15, 0.2) is 0 Å². The molecule has 27 heavy (non-hydrogen) atoms. The molecule has 0 unspecified atom stereocenters. The number of nitrogens with one attached hydrogen (secondary N) is 1. The molecular weight excluding hydrogens is 336 g/mol. The molecule has 5 nitrogen and oxygen atoms in total. The van der Waals surface area contributed by atoms with Gasteiger partial charge in [-0.25, -0.2) is 4.98 Å². The fourth-order valence-electron chi connectivity index (χ4n) is 3.51. The molecule has 1 N–H and O–H groups in total. The fourth-order valence-corrected chi connectivity index (χ4v) is 3.51. The Morgan fingerprint density at radius 3 is 2.67 bits per heavy atom. The zero-order valence-corrected chi connectivity index (χ0v) is 15.8. The van der Waals surface area contributed by atoms with E-state index in [2.05, 4.69) is 25.9 Å². The summed E-state index contributed by atoms with van der Waals surface area (Å²) in [6.45, 7) is 7.14. The minimum Gasteiger partial charge on any atom is -0.350 e. The zero-order valence-electron chi connectivity index (χ0n) is 15.8. The van der Waals surface area contributed by atoms with E-state index < -0.39 is 0 Å². The molecule has 0 atom stereocenters. The molecule has 0 aliphatic heterocycles. The van der Waals surface area contributed by atoms with Crippen molar-refractivity contribution in [1.82, 2.24) is 19.9 Å². The first-order chi connectivity index (χ1) is 13.0. The maximum atomic E-state index is 12.8. The normalized spacial score (nSPS) is 11.2. The lowest BCUT2D eigenvalue weighted by Gasteiger charge is -2.11. The van der Waals surface area contributed by atoms with E-state index in [4.69, 9.17) is 0 Å². The van der Waals surface area contributed by atoms with Crippen molar-refractivity contribution in [2.45, 2.75) is 27.3 Å². The maximum absolute atomic E-state index is 12.8. The number of hydrogen-bond acceptors (Lipinski definition) is 3. The summed E-state index contributed by atoms with van der Waals surface area (Å²) in [5.74, 6) is 0.879. The quantitative estimate of drug-likeness (QED) is 0.601. The SMILES string of the molecule is Cc1ccc2nc(C)cc(C(=O)NCCn3c(C)nc4ccccc43)c2c1. The third-order valence-electron chi connectivity index (χ3n) is 4.80. The third kappa shape index (κ3) is 3.28. The predicted octanol–water partition coefficient (Wildman–Crippen LogP) is 3.94. The van der Waals surface area contributed by atoms with Gasteiger partial charge in [0.2, 0.25) is 0 Å². The number of benzene rings is 2. The molecule has 1 amide bonds. The standard InChI is InChI=1S/C22H22N4O/c1-14-8-9-19-17(12-14)18(13-15(2)24-19)22(27)23-10-11-26-16(3)25-20-6-4-5-7-21(20)26/h4-9,12-13H,10-11H2,1-3H3,(H,23,27). The van der Waals surface area contributed by atoms with E-state index in [0.717, 1.165) is 39.0 Å². The first-order valence-electron chi connectivity index (χ1n) is 9.11. The Morgan fingerprint density at radius 2 is 1.81 bits per heavy atom. The van der Waals surface area contributed by atoms with Crippen LogP contribution in [0.5, 0.6) is 0 Å². The summed E-state index contributed by atoms with van der Waals surface area (Å²) in [4.78, 5) is 21.9. The van der Waals surface area contributed by atoms with Crippen LogP contribution in [0.25, 0.3) is 21.9 Å². The highest BCUT2D eigenvalue weighted by Crippen LogP contribution is 2.20. The van der Waals surface area contributed by atoms with Gasteiger partial charge in [-0.1, -0.05) is 23.8 Å². The highest BCUT2D eigenvalue weighted by atomic mass is 16.1. The van der Waals surface area contributed by atoms with Gasteiger partial charge in [-0.3, -0.25) is 9.78 Å². The molecule has 0 radical (unpaired) electrons. The van der Waals surface area contributed by atoms with Crippen molar-refractivity contribution in [3.8, 4) is 0 Å². The summed E-state index contributed by atoms with van der Waals surface area (Å²) in [6.07, 6.45) is 0. The van der Waals surface area contributed by atoms with Crippen LogP contribution in [0, 0.1) is 20.8 Å². The Labute approximate surface area is 158 Å². The van der Waals surface area contributed by atoms with E-state index in [1.807, 2.05) is 63.2 Å². The van der Waals surface area contributed by atoms with E-state index in [1.54, 1.807) is 0 Å². The summed E-state index contributed by atoms with van der Waals surface area (Å²) in [5, 5.41) is 3.94. The summed E-state index contributed by atoms with van der Waals surface area (Å²) < 4.78 is 2.13. The largest absolute Gasteiger partial charge is 0.350 e. The first kappa shape index (κ1) is 17.2. The zero-order chi connectivity index (χ0) is 19.0. The minimum absolute atomic E-state index is 0.0711. The van der Waals surface area contributed by atoms with Crippen LogP contribution in [0.15, 0.2) is 48.5 Å². The Bertz CT molecular complexity index is 1160. The van der Waals surface area contributed by atoms with Crippen LogP contribution in [0.1, 0.15) is 27.4 Å². The Hall–Kier alpha value is -3.21. The molecule has 136 valence electrons. The maximum Gasteiger partial charge on any atom is 0.252 e. The Morgan fingerprint density at radius 1 is 1.00 bits per heavy atom. The highest BCUT2D eigenvalue weighted by Gasteiger charge is 2.13. The molecule has 0 saturated carbocycles. The van der Waals surface area contributed by atoms with Crippen molar-refractivity contribution < 1.29 is 4.79 Å². The van der Waals surface area contributed by atoms with Crippen LogP contribution in [0.4, 0.5) is 0 Å². The number of fused-ring (bicyclic) bond motifs is 2. The molecule has 0 spiro atoms. The van der Waals surface area contributed by atoms with Gasteiger partial charge in [0.25, 0.3) is 5.91 Å². The molecule has 0 aliphatic rings. The average molecular weight is 358 g/mol. The smallest absolute Gasteiger partial charge is 0.252 e. The van der Waals surface area contributed by atoms with Gasteiger partial charge in [0.1, 0.15) is 5.82 Å². The number of pyridine rings is 1. The monoisotopic (exact) mass is 358 g/mol. The van der Waals surface area contributed by atoms with E-state index in [1.165, 1.54) is 0 Å². The van der Waals surface area contributed by atoms with E-state index in [9.17, 15) is 4.79 Å². The second-order valence-electron chi connectivity index (χ2n) is 6.89. The van der Waals surface area contributed by atoms with Crippen molar-refractivity contribution >= 4 is 27.8 Å². The highest BCUT2D eigenvalue weighted by molar-refractivity contribution is 6.06. The fraction of sp³-hybridized carbons (Fsp3) is 0.227. The molecule has 0 aliphatic carbocycles. The summed E-state index contributed by atoms with van der Waals surface area (Å²) in [7, 11) is 0. The van der Waals surface area contributed by atoms with Crippen molar-refractivity contribution in [3.05, 3.63) is 71.2 Å². The Balaban J connectivity index is 1.55. The summed E-state index contributed by atoms with van der Waals surface area (Å²) >= 11 is 0. The summed E-state index contributed by atoms with van der Waals surface area (Å²) in [5.41, 5.74) is 5.55. The lowest BCUT2D eigenvalue weighted by Crippen LogP contribution is -2.27. The number of aromatic nitrogens is 3. The van der Waals surface area contributed by atoms with Crippen molar-refractivity contribution in [2.24, 2.45) is 0 Å². The number of imidazole rings is 1. The van der Waals surface area contributed by atoms with E-state index in [0.29, 0.717) is 18.7 Å². The lowest BCUT2D eigenvalue weighted by atomic mass is 10.0. The molecule has 5 heteroatoms. The van der Waals surface area contributed by atoms with Gasteiger partial charge in [-0.15, -0.1) is 0 Å². The molecule has 0 bridgehead atoms. The molecule has 2 aromatic carbocycles. The molecule has 2 heterocycles. The second-order valence-corrected chi connectivity index (χ2v) is 6.89. The Kier molecular flexibility index (Phi) is 4.36. The number of rotatable bonds is 4. The minimum atomic E-state index is -0.0711. The molecule has 4 aromatic rings. The molecular formula is C22H22N4O. The summed E-state index contributed by atoms with van der Waals surface area (Å²) in [6, 6.07) is 15.9. The number of hydrogen-bond donors (Lipinski definition) is 1. The van der Waals surface area contributed by atoms with Crippen LogP contribution in [-0.4, -0.2) is 27.0 Å². The van der Waals surface area contributed by atoms with Crippen LogP contribution in [0.3, 0.4) is 0 Å². The number of nitrogens with zero attached hydrogens (tertiary/aromatic N) is 3. The van der Waals surface area contributed by atoms with Crippen LogP contribution >= 0.6 is 0 Å². The van der Waals surface area contributed by atoms with Crippen LogP contribution in [0.2, 0.25) is 0 Å². The lowest BCUT2D eigenvalue weighted by molar-refractivity contribution is 0.0954. The van der Waals surface area contributed by atoms with Gasteiger partial charge in [-0.05, 0) is 51.1 Å². The molecule has 0 fully saturated rings. The topological polar surface area (TPSA) is 59.8 Å². The number of aryl methyl sites for hydroxylation is 3. The van der Waals surface area contributed by atoms with Crippen molar-refractivity contribution in [2.75, 3.05) is 6.54 Å². The van der Waals surface area contributed by atoms with Crippen LogP contribution in [-0.2, 0) is 6.54 Å². The third-order valence-corrected chi connectivity index (χ3v) is 4.80. The van der Waals surface area contributed by atoms with Crippen molar-refractivity contribution in [3.63, 3.8) is 0 Å². The van der Waals surface area contributed by atoms with E-state index >= 15 is 0 Å². The number of carbonyl (C=O) groups is 1. The van der Waals surface area contributed by atoms with Gasteiger partial charge >= 0.3 is 0 Å². The molecule has 0 saturated heterocycles. The second kappa shape index (κ2) is 6.83. The first-order valence-corrected chi connectivity index (χ1v) is 9.11. The van der Waals surface area contributed by atoms with Gasteiger partial charge in [-0.2, -0.15) is 0 Å². The number of para-hydroxylation sites is 2. The van der Waals surface area contributed by atoms with Gasteiger partial charge in [0.05, 0.1) is 22.1 Å². The predicted molar refractivity (Wildman–Crippen MR) is 108 cm³/mol. The van der Waals surface area contributed by atoms with Gasteiger partial charge < -0.3 is 9.88 Å².